The molecule has 2 bridgehead atoms. The summed E-state index contributed by atoms with van der Waals surface area (Å²) in [4.78, 5) is 56.8. The number of Topliss-reactive ketones (excluding diaryl/α,β-unsaturated/α-hetero) is 2. The first kappa shape index (κ1) is 51.3. The van der Waals surface area contributed by atoms with Crippen LogP contribution in [-0.4, -0.2) is 126 Å². The van der Waals surface area contributed by atoms with Gasteiger partial charge in [-0.3, -0.25) is 14.4 Å². The largest absolute Gasteiger partial charge is 0.487 e. The van der Waals surface area contributed by atoms with Crippen LogP contribution in [0.2, 0.25) is 0 Å². The van der Waals surface area contributed by atoms with Crippen molar-refractivity contribution in [3.05, 3.63) is 65.8 Å². The molecule has 14 heteroatoms. The van der Waals surface area contributed by atoms with Crippen molar-refractivity contribution in [3.63, 3.8) is 0 Å². The number of carbonyl (C=O) groups excluding carboxylic acids is 4. The van der Waals surface area contributed by atoms with Crippen LogP contribution in [0.3, 0.4) is 0 Å². The predicted molar refractivity (Wildman–Crippen MR) is 246 cm³/mol. The van der Waals surface area contributed by atoms with Crippen molar-refractivity contribution in [1.82, 2.24) is 4.90 Å². The number of aliphatic hydroxyl groups excluding tert-OH is 2. The molecule has 14 unspecified atom stereocenters. The second-order valence-corrected chi connectivity index (χ2v) is 19.6. The van der Waals surface area contributed by atoms with Gasteiger partial charge in [-0.2, -0.15) is 0 Å². The molecule has 2 aromatic rings. The van der Waals surface area contributed by atoms with Crippen LogP contribution in [0.5, 0.6) is 5.75 Å². The number of fused-ring (bicyclic) bond motifs is 4. The number of halogens is 1. The molecule has 13 nitrogen and oxygen atoms in total. The van der Waals surface area contributed by atoms with Crippen LogP contribution < -0.4 is 4.74 Å². The first-order chi connectivity index (χ1) is 31.4. The maximum absolute atomic E-state index is 16.6. The summed E-state index contributed by atoms with van der Waals surface area (Å²) in [5.41, 5.74) is 1.35. The maximum atomic E-state index is 16.6. The van der Waals surface area contributed by atoms with E-state index in [9.17, 15) is 34.5 Å². The van der Waals surface area contributed by atoms with Crippen molar-refractivity contribution < 1.29 is 62.6 Å². The number of hydrogen-bond acceptors (Lipinski definition) is 12. The molecule has 0 spiro atoms. The van der Waals surface area contributed by atoms with E-state index < -0.39 is 89.9 Å². The summed E-state index contributed by atoms with van der Waals surface area (Å²) >= 11 is 0. The normalized spacial score (nSPS) is 36.2. The van der Waals surface area contributed by atoms with Gasteiger partial charge in [0.15, 0.2) is 0 Å². The minimum atomic E-state index is -2.59. The fraction of sp³-hybridized carbons (Fsp3) is 0.654. The molecule has 66 heavy (non-hydrogen) atoms. The Morgan fingerprint density at radius 2 is 1.61 bits per heavy atom. The van der Waals surface area contributed by atoms with Gasteiger partial charge in [0.25, 0.3) is 11.7 Å². The Kier molecular flexibility index (Phi) is 17.8. The summed E-state index contributed by atoms with van der Waals surface area (Å²) in [6, 6.07) is 12.8. The number of amides is 1. The summed E-state index contributed by atoms with van der Waals surface area (Å²) in [7, 11) is 2.88. The summed E-state index contributed by atoms with van der Waals surface area (Å²) in [5, 5.41) is 36.5. The monoisotopic (exact) mass is 922 g/mol. The molecular formula is C52H72FNO12. The molecule has 2 aromatic carbocycles. The van der Waals surface area contributed by atoms with Gasteiger partial charge in [-0.05, 0) is 107 Å². The van der Waals surface area contributed by atoms with Gasteiger partial charge in [-0.25, -0.2) is 9.18 Å². The molecular weight excluding hydrogens is 850 g/mol. The highest BCUT2D eigenvalue weighted by Crippen LogP contribution is 2.40. The minimum Gasteiger partial charge on any atom is -0.487 e. The van der Waals surface area contributed by atoms with Crippen LogP contribution in [0.4, 0.5) is 4.39 Å². The zero-order valence-electron chi connectivity index (χ0n) is 39.7. The van der Waals surface area contributed by atoms with E-state index in [-0.39, 0.29) is 56.6 Å². The number of ether oxygens (including phenoxy) is 5. The van der Waals surface area contributed by atoms with Gasteiger partial charge in [-0.1, -0.05) is 74.9 Å². The molecule has 3 heterocycles. The highest BCUT2D eigenvalue weighted by Gasteiger charge is 2.56. The Morgan fingerprint density at radius 3 is 2.33 bits per heavy atom. The van der Waals surface area contributed by atoms with Gasteiger partial charge in [0.1, 0.15) is 36.0 Å². The highest BCUT2D eigenvalue weighted by atomic mass is 19.1. The third-order valence-corrected chi connectivity index (χ3v) is 14.6. The number of carbonyl (C=O) groups is 4. The number of piperidine rings is 1. The fourth-order valence-electron chi connectivity index (χ4n) is 10.4. The standard InChI is InChI=1S/C52H72FNO12/c1-30(23-35-19-21-44(42(57)27-35)65-43-17-12-14-36-13-8-9-15-38(36)43)18-20-37-24-31(2)47(53)32(3)25-45(62-6)48-46(63-7)26-34(5)52(61,66-48)49(58)50(59)54-22-11-10-16-39(54)51(60)64-29-33(4)40(55)28-41(37)56/h8-9,12-15,17,23-24,32-35,37,39-40,42,44-48,55,57,61H,10-11,16,18-22,25-29H2,1-7H3. The lowest BCUT2D eigenvalue weighted by Gasteiger charge is -2.47. The van der Waals surface area contributed by atoms with Gasteiger partial charge in [0.05, 0.1) is 31.0 Å². The van der Waals surface area contributed by atoms with Crippen LogP contribution in [-0.2, 0) is 38.1 Å². The summed E-state index contributed by atoms with van der Waals surface area (Å²) in [5.74, 6) is -8.11. The third kappa shape index (κ3) is 12.0. The van der Waals surface area contributed by atoms with E-state index in [0.717, 1.165) is 33.4 Å². The fourth-order valence-corrected chi connectivity index (χ4v) is 10.4. The van der Waals surface area contributed by atoms with E-state index in [0.29, 0.717) is 44.1 Å². The van der Waals surface area contributed by atoms with Crippen LogP contribution in [0.25, 0.3) is 10.8 Å². The van der Waals surface area contributed by atoms with E-state index in [2.05, 4.69) is 6.08 Å². The molecule has 2 saturated heterocycles. The topological polar surface area (TPSA) is 178 Å². The van der Waals surface area contributed by atoms with E-state index in [4.69, 9.17) is 23.7 Å². The molecule has 6 rings (SSSR count). The molecule has 364 valence electrons. The Balaban J connectivity index is 1.20. The number of rotatable bonds is 8. The quantitative estimate of drug-likeness (QED) is 0.140. The third-order valence-electron chi connectivity index (χ3n) is 14.6. The van der Waals surface area contributed by atoms with Crippen LogP contribution in [0.1, 0.15) is 105 Å². The van der Waals surface area contributed by atoms with Crippen LogP contribution in [0, 0.1) is 29.6 Å². The lowest BCUT2D eigenvalue weighted by Crippen LogP contribution is -2.64. The number of cyclic esters (lactones) is 1. The zero-order chi connectivity index (χ0) is 47.9. The van der Waals surface area contributed by atoms with E-state index >= 15 is 4.39 Å². The van der Waals surface area contributed by atoms with Gasteiger partial charge >= 0.3 is 5.97 Å². The number of alkyl halides is 1. The number of nitrogens with zero attached hydrogens (tertiary/aromatic N) is 1. The van der Waals surface area contributed by atoms with Crippen molar-refractivity contribution in [1.29, 1.82) is 0 Å². The first-order valence-electron chi connectivity index (χ1n) is 24.0. The van der Waals surface area contributed by atoms with Gasteiger partial charge in [0.2, 0.25) is 5.79 Å². The molecule has 0 radical (unpaired) electrons. The average Bonchev–Trinajstić information content (AvgIpc) is 3.31. The van der Waals surface area contributed by atoms with Gasteiger partial charge in [0, 0.05) is 50.3 Å². The van der Waals surface area contributed by atoms with Crippen molar-refractivity contribution in [2.75, 3.05) is 27.4 Å². The molecule has 14 atom stereocenters. The molecule has 1 aliphatic carbocycles. The Labute approximate surface area is 389 Å². The second kappa shape index (κ2) is 22.8. The van der Waals surface area contributed by atoms with Gasteiger partial charge < -0.3 is 43.9 Å². The van der Waals surface area contributed by atoms with E-state index in [1.165, 1.54) is 14.2 Å². The van der Waals surface area contributed by atoms with Gasteiger partial charge in [-0.15, -0.1) is 0 Å². The number of benzene rings is 2. The summed E-state index contributed by atoms with van der Waals surface area (Å²) in [6.45, 7) is 8.38. The Bertz CT molecular complexity index is 2070. The number of allylic oxidation sites excluding steroid dienone is 4. The van der Waals surface area contributed by atoms with Crippen molar-refractivity contribution >= 4 is 34.2 Å². The first-order valence-corrected chi connectivity index (χ1v) is 24.0. The number of hydrogen-bond donors (Lipinski definition) is 3. The van der Waals surface area contributed by atoms with Crippen molar-refractivity contribution in [2.24, 2.45) is 29.6 Å². The van der Waals surface area contributed by atoms with Crippen molar-refractivity contribution in [3.8, 4) is 5.75 Å². The maximum Gasteiger partial charge on any atom is 0.328 e. The van der Waals surface area contributed by atoms with E-state index in [1.807, 2.05) is 49.4 Å². The van der Waals surface area contributed by atoms with Crippen LogP contribution >= 0.6 is 0 Å². The summed E-state index contributed by atoms with van der Waals surface area (Å²) < 4.78 is 46.4. The molecule has 1 amide bonds. The van der Waals surface area contributed by atoms with E-state index in [1.54, 1.807) is 33.8 Å². The minimum absolute atomic E-state index is 0.0672. The molecule has 4 aliphatic rings. The number of ketones is 2. The average molecular weight is 922 g/mol. The lowest BCUT2D eigenvalue weighted by molar-refractivity contribution is -0.302. The van der Waals surface area contributed by atoms with Crippen molar-refractivity contribution in [2.45, 2.75) is 160 Å². The smallest absolute Gasteiger partial charge is 0.328 e. The lowest BCUT2D eigenvalue weighted by atomic mass is 9.81. The number of methoxy groups -OCH3 is 2. The number of esters is 1. The molecule has 0 aromatic heterocycles. The number of aliphatic hydroxyl groups is 3. The highest BCUT2D eigenvalue weighted by molar-refractivity contribution is 6.39. The molecule has 1 saturated carbocycles. The molecule has 3 aliphatic heterocycles. The molecule has 3 N–H and O–H groups in total. The predicted octanol–water partition coefficient (Wildman–Crippen LogP) is 7.01. The zero-order valence-corrected chi connectivity index (χ0v) is 39.7. The SMILES string of the molecule is COC1CC(C)C(F)C(C)=CC(CCC(C)=CC2CCC(Oc3cccc4ccccc34)C(O)C2)C(=O)CC(O)C(C)COC(=O)C2CCCCN2C(=O)C(=O)C2(O)OC1C(OC)CC2C. The summed E-state index contributed by atoms with van der Waals surface area (Å²) in [6.07, 6.45) is 1.53. The molecule has 3 fully saturated rings. The second-order valence-electron chi connectivity index (χ2n) is 19.6. The van der Waals surface area contributed by atoms with Crippen LogP contribution in [0.15, 0.2) is 65.8 Å². The Hall–Kier alpha value is -4.05. The Morgan fingerprint density at radius 1 is 0.894 bits per heavy atom.